The number of sulfonamides is 1. The monoisotopic (exact) mass is 409 g/mol. The summed E-state index contributed by atoms with van der Waals surface area (Å²) in [5, 5.41) is 2.53. The number of nitrogens with zero attached hydrogens (tertiary/aromatic N) is 2. The van der Waals surface area contributed by atoms with Crippen molar-refractivity contribution in [3.63, 3.8) is 0 Å². The van der Waals surface area contributed by atoms with Crippen LogP contribution in [0.1, 0.15) is 6.92 Å². The first kappa shape index (κ1) is 22.6. The first-order valence-corrected chi connectivity index (χ1v) is 9.87. The Morgan fingerprint density at radius 2 is 1.81 bits per heavy atom. The Hall–Kier alpha value is -1.42. The van der Waals surface area contributed by atoms with Crippen LogP contribution < -0.4 is 10.1 Å². The van der Waals surface area contributed by atoms with Crippen molar-refractivity contribution >= 4 is 28.3 Å². The van der Waals surface area contributed by atoms with E-state index in [-0.39, 0.29) is 37.1 Å². The quantitative estimate of drug-likeness (QED) is 0.684. The van der Waals surface area contributed by atoms with Crippen LogP contribution in [0.2, 0.25) is 0 Å². The number of piperazine rings is 1. The van der Waals surface area contributed by atoms with Crippen LogP contribution >= 0.6 is 12.4 Å². The summed E-state index contributed by atoms with van der Waals surface area (Å²) < 4.78 is 44.0. The zero-order valence-electron chi connectivity index (χ0n) is 14.7. The summed E-state index contributed by atoms with van der Waals surface area (Å²) in [5.41, 5.74) is 0. The fraction of sp³-hybridized carbons (Fsp3) is 0.562. The predicted octanol–water partition coefficient (Wildman–Crippen LogP) is 0.710. The molecular formula is C16H25ClFN3O4S. The largest absolute Gasteiger partial charge is 0.484 e. The van der Waals surface area contributed by atoms with Crippen molar-refractivity contribution in [2.75, 3.05) is 51.6 Å². The molecule has 26 heavy (non-hydrogen) atoms. The zero-order valence-corrected chi connectivity index (χ0v) is 16.3. The van der Waals surface area contributed by atoms with E-state index in [1.165, 1.54) is 28.6 Å². The van der Waals surface area contributed by atoms with Gasteiger partial charge in [-0.3, -0.25) is 4.79 Å². The molecule has 0 bridgehead atoms. The Morgan fingerprint density at radius 3 is 2.38 bits per heavy atom. The number of rotatable bonds is 8. The van der Waals surface area contributed by atoms with Gasteiger partial charge in [0.15, 0.2) is 6.61 Å². The van der Waals surface area contributed by atoms with Crippen LogP contribution in [0.3, 0.4) is 0 Å². The van der Waals surface area contributed by atoms with Crippen molar-refractivity contribution in [2.45, 2.75) is 6.92 Å². The van der Waals surface area contributed by atoms with E-state index < -0.39 is 15.9 Å². The van der Waals surface area contributed by atoms with Crippen LogP contribution in [-0.2, 0) is 14.8 Å². The average molecular weight is 410 g/mol. The van der Waals surface area contributed by atoms with Crippen molar-refractivity contribution in [3.05, 3.63) is 30.1 Å². The summed E-state index contributed by atoms with van der Waals surface area (Å²) in [4.78, 5) is 13.9. The van der Waals surface area contributed by atoms with Crippen molar-refractivity contribution in [1.29, 1.82) is 0 Å². The minimum absolute atomic E-state index is 0. The summed E-state index contributed by atoms with van der Waals surface area (Å²) in [6.07, 6.45) is 0. The van der Waals surface area contributed by atoms with E-state index in [1.54, 1.807) is 0 Å². The van der Waals surface area contributed by atoms with Crippen molar-refractivity contribution in [2.24, 2.45) is 0 Å². The maximum atomic E-state index is 12.8. The Labute approximate surface area is 159 Å². The Balaban J connectivity index is 0.00000338. The van der Waals surface area contributed by atoms with Gasteiger partial charge in [-0.2, -0.15) is 4.31 Å². The number of amides is 1. The number of carbonyl (C=O) groups excluding carboxylic acids is 1. The molecule has 1 N–H and O–H groups in total. The number of benzene rings is 1. The number of halogens is 2. The number of ether oxygens (including phenoxy) is 1. The van der Waals surface area contributed by atoms with Gasteiger partial charge in [0.1, 0.15) is 11.6 Å². The molecule has 0 unspecified atom stereocenters. The maximum absolute atomic E-state index is 12.8. The molecule has 1 amide bonds. The fourth-order valence-corrected chi connectivity index (χ4v) is 3.84. The highest BCUT2D eigenvalue weighted by Gasteiger charge is 2.26. The molecule has 0 spiro atoms. The second-order valence-corrected chi connectivity index (χ2v) is 7.83. The second-order valence-electron chi connectivity index (χ2n) is 5.74. The van der Waals surface area contributed by atoms with Gasteiger partial charge in [-0.1, -0.05) is 6.92 Å². The number of hydrogen-bond donors (Lipinski definition) is 1. The summed E-state index contributed by atoms with van der Waals surface area (Å²) in [5.74, 6) is -0.573. The molecule has 7 nitrogen and oxygen atoms in total. The third-order valence-corrected chi connectivity index (χ3v) is 5.91. The topological polar surface area (TPSA) is 79.0 Å². The highest BCUT2D eigenvalue weighted by molar-refractivity contribution is 7.89. The Kier molecular flexibility index (Phi) is 9.28. The van der Waals surface area contributed by atoms with Gasteiger partial charge >= 0.3 is 0 Å². The van der Waals surface area contributed by atoms with Crippen molar-refractivity contribution in [1.82, 2.24) is 14.5 Å². The molecule has 0 aliphatic carbocycles. The third-order valence-electron chi connectivity index (χ3n) is 4.04. The molecule has 1 fully saturated rings. The van der Waals surface area contributed by atoms with Crippen LogP contribution in [0.4, 0.5) is 4.39 Å². The second kappa shape index (κ2) is 10.7. The first-order valence-electron chi connectivity index (χ1n) is 8.26. The van der Waals surface area contributed by atoms with Gasteiger partial charge in [0.2, 0.25) is 10.0 Å². The molecule has 1 aromatic rings. The van der Waals surface area contributed by atoms with Gasteiger partial charge in [0.05, 0.1) is 5.75 Å². The minimum atomic E-state index is -3.37. The highest BCUT2D eigenvalue weighted by Crippen LogP contribution is 2.10. The van der Waals surface area contributed by atoms with Crippen LogP contribution in [-0.4, -0.2) is 75.2 Å². The summed E-state index contributed by atoms with van der Waals surface area (Å²) in [6, 6.07) is 5.31. The molecule has 1 aliphatic rings. The van der Waals surface area contributed by atoms with E-state index in [2.05, 4.69) is 10.2 Å². The fourth-order valence-electron chi connectivity index (χ4n) is 2.50. The molecule has 1 aromatic carbocycles. The van der Waals surface area contributed by atoms with Gasteiger partial charge in [-0.25, -0.2) is 12.8 Å². The van der Waals surface area contributed by atoms with E-state index in [1.807, 2.05) is 6.92 Å². The van der Waals surface area contributed by atoms with Crippen LogP contribution in [0, 0.1) is 5.82 Å². The van der Waals surface area contributed by atoms with Crippen LogP contribution in [0.15, 0.2) is 24.3 Å². The molecule has 1 heterocycles. The van der Waals surface area contributed by atoms with Gasteiger partial charge in [-0.15, -0.1) is 12.4 Å². The number of likely N-dealkylation sites (N-methyl/N-ethyl adjacent to an activating group) is 1. The average Bonchev–Trinajstić information content (AvgIpc) is 2.61. The van der Waals surface area contributed by atoms with E-state index in [0.717, 1.165) is 19.6 Å². The van der Waals surface area contributed by atoms with E-state index in [4.69, 9.17) is 4.74 Å². The van der Waals surface area contributed by atoms with E-state index in [0.29, 0.717) is 18.8 Å². The lowest BCUT2D eigenvalue weighted by Crippen LogP contribution is -2.50. The van der Waals surface area contributed by atoms with Gasteiger partial charge in [0, 0.05) is 32.7 Å². The summed E-state index contributed by atoms with van der Waals surface area (Å²) in [6.45, 7) is 5.17. The minimum Gasteiger partial charge on any atom is -0.484 e. The van der Waals surface area contributed by atoms with Crippen LogP contribution in [0.25, 0.3) is 0 Å². The summed E-state index contributed by atoms with van der Waals surface area (Å²) in [7, 11) is -3.37. The first-order chi connectivity index (χ1) is 11.9. The van der Waals surface area contributed by atoms with Crippen molar-refractivity contribution < 1.29 is 22.3 Å². The molecular weight excluding hydrogens is 385 g/mol. The number of hydrogen-bond acceptors (Lipinski definition) is 5. The molecule has 10 heteroatoms. The van der Waals surface area contributed by atoms with Gasteiger partial charge in [0.25, 0.3) is 5.91 Å². The Bertz CT molecular complexity index is 665. The SMILES string of the molecule is CCN1CCN(S(=O)(=O)CCNC(=O)COc2ccc(F)cc2)CC1.Cl. The standard InChI is InChI=1S/C16H24FN3O4S.ClH/c1-2-19-8-10-20(11-9-19)25(22,23)12-7-18-16(21)13-24-15-5-3-14(17)4-6-15;/h3-6H,2,7-13H2,1H3,(H,18,21);1H. The highest BCUT2D eigenvalue weighted by atomic mass is 35.5. The van der Waals surface area contributed by atoms with Crippen molar-refractivity contribution in [3.8, 4) is 5.75 Å². The van der Waals surface area contributed by atoms with E-state index in [9.17, 15) is 17.6 Å². The van der Waals surface area contributed by atoms with E-state index >= 15 is 0 Å². The van der Waals surface area contributed by atoms with Gasteiger partial charge in [-0.05, 0) is 30.8 Å². The number of carbonyl (C=O) groups is 1. The van der Waals surface area contributed by atoms with Gasteiger partial charge < -0.3 is 15.0 Å². The lowest BCUT2D eigenvalue weighted by Gasteiger charge is -2.33. The molecule has 148 valence electrons. The molecule has 0 atom stereocenters. The summed E-state index contributed by atoms with van der Waals surface area (Å²) >= 11 is 0. The molecule has 0 saturated carbocycles. The zero-order chi connectivity index (χ0) is 18.3. The Morgan fingerprint density at radius 1 is 1.19 bits per heavy atom. The lowest BCUT2D eigenvalue weighted by atomic mass is 10.3. The molecule has 1 saturated heterocycles. The molecule has 1 aliphatic heterocycles. The number of nitrogens with one attached hydrogen (secondary N) is 1. The molecule has 0 aromatic heterocycles. The molecule has 2 rings (SSSR count). The maximum Gasteiger partial charge on any atom is 0.257 e. The third kappa shape index (κ3) is 7.06. The normalized spacial score (nSPS) is 15.9. The smallest absolute Gasteiger partial charge is 0.257 e. The van der Waals surface area contributed by atoms with Crippen LogP contribution in [0.5, 0.6) is 5.75 Å². The molecule has 0 radical (unpaired) electrons. The predicted molar refractivity (Wildman–Crippen MR) is 99.6 cm³/mol. The lowest BCUT2D eigenvalue weighted by molar-refractivity contribution is -0.122.